The van der Waals surface area contributed by atoms with Gasteiger partial charge in [0.05, 0.1) is 12.5 Å². The summed E-state index contributed by atoms with van der Waals surface area (Å²) in [7, 11) is 1.65. The number of nitrogens with zero attached hydrogens (tertiary/aromatic N) is 2. The summed E-state index contributed by atoms with van der Waals surface area (Å²) in [6.45, 7) is 5.99. The Labute approximate surface area is 161 Å². The number of piperidine rings is 2. The third-order valence-electron chi connectivity index (χ3n) is 5.80. The molecule has 0 radical (unpaired) electrons. The zero-order valence-corrected chi connectivity index (χ0v) is 16.3. The third-order valence-corrected chi connectivity index (χ3v) is 5.80. The summed E-state index contributed by atoms with van der Waals surface area (Å²) in [6.07, 6.45) is 4.31. The smallest absolute Gasteiger partial charge is 0.224 e. The highest BCUT2D eigenvalue weighted by atomic mass is 19.1. The van der Waals surface area contributed by atoms with Gasteiger partial charge in [0.2, 0.25) is 5.91 Å². The van der Waals surface area contributed by atoms with Crippen LogP contribution in [0.4, 0.5) is 4.39 Å². The zero-order chi connectivity index (χ0) is 19.1. The summed E-state index contributed by atoms with van der Waals surface area (Å²) in [5.74, 6) is 0.103. The second-order valence-corrected chi connectivity index (χ2v) is 7.76. The third kappa shape index (κ3) is 5.99. The molecule has 150 valence electrons. The second-order valence-electron chi connectivity index (χ2n) is 7.76. The minimum absolute atomic E-state index is 0.0981. The molecule has 0 aromatic heterocycles. The lowest BCUT2D eigenvalue weighted by atomic mass is 9.93. The number of likely N-dealkylation sites (tertiary alicyclic amines) is 2. The Kier molecular flexibility index (Phi) is 7.61. The van der Waals surface area contributed by atoms with Crippen LogP contribution in [-0.2, 0) is 16.1 Å². The van der Waals surface area contributed by atoms with Crippen molar-refractivity contribution in [2.24, 2.45) is 5.92 Å². The fraction of sp³-hybridized carbons (Fsp3) is 0.667. The van der Waals surface area contributed by atoms with E-state index in [4.69, 9.17) is 4.74 Å². The van der Waals surface area contributed by atoms with Crippen molar-refractivity contribution < 1.29 is 13.9 Å². The van der Waals surface area contributed by atoms with Gasteiger partial charge in [0.25, 0.3) is 0 Å². The van der Waals surface area contributed by atoms with Crippen molar-refractivity contribution in [1.82, 2.24) is 15.1 Å². The molecular formula is C21H32FN3O2. The van der Waals surface area contributed by atoms with Crippen molar-refractivity contribution in [3.63, 3.8) is 0 Å². The quantitative estimate of drug-likeness (QED) is 0.741. The average molecular weight is 378 g/mol. The van der Waals surface area contributed by atoms with Crippen LogP contribution in [0.15, 0.2) is 24.3 Å². The number of rotatable bonds is 7. The molecule has 5 nitrogen and oxygen atoms in total. The standard InChI is InChI=1S/C21H32FN3O2/c1-27-13-9-23-21(26)18-5-3-10-25(16-18)20-7-11-24(12-8-20)15-17-4-2-6-19(22)14-17/h2,4,6,14,18,20H,3,5,7-13,15-16H2,1H3,(H,23,26)/t18-/m0/s1. The van der Waals surface area contributed by atoms with Crippen LogP contribution in [0, 0.1) is 11.7 Å². The minimum atomic E-state index is -0.162. The molecule has 0 bridgehead atoms. The fourth-order valence-electron chi connectivity index (χ4n) is 4.31. The molecule has 1 N–H and O–H groups in total. The number of carbonyl (C=O) groups excluding carboxylic acids is 1. The van der Waals surface area contributed by atoms with E-state index in [0.717, 1.165) is 64.0 Å². The molecule has 1 aromatic rings. The van der Waals surface area contributed by atoms with Gasteiger partial charge in [-0.15, -0.1) is 0 Å². The summed E-state index contributed by atoms with van der Waals surface area (Å²) in [5.41, 5.74) is 1.04. The number of ether oxygens (including phenoxy) is 1. The number of hydrogen-bond acceptors (Lipinski definition) is 4. The Balaban J connectivity index is 1.44. The van der Waals surface area contributed by atoms with Crippen molar-refractivity contribution in [3.8, 4) is 0 Å². The average Bonchev–Trinajstić information content (AvgIpc) is 2.69. The van der Waals surface area contributed by atoms with E-state index in [0.29, 0.717) is 19.2 Å². The molecule has 2 saturated heterocycles. The van der Waals surface area contributed by atoms with Crippen LogP contribution < -0.4 is 5.32 Å². The van der Waals surface area contributed by atoms with Crippen LogP contribution >= 0.6 is 0 Å². The maximum atomic E-state index is 13.4. The normalized spacial score (nSPS) is 22.7. The van der Waals surface area contributed by atoms with Gasteiger partial charge in [-0.2, -0.15) is 0 Å². The topological polar surface area (TPSA) is 44.8 Å². The van der Waals surface area contributed by atoms with E-state index in [-0.39, 0.29) is 17.6 Å². The molecule has 2 aliphatic rings. The Morgan fingerprint density at radius 2 is 2.07 bits per heavy atom. The Morgan fingerprint density at radius 1 is 1.26 bits per heavy atom. The summed E-state index contributed by atoms with van der Waals surface area (Å²) in [6, 6.07) is 7.45. The minimum Gasteiger partial charge on any atom is -0.383 e. The molecule has 2 fully saturated rings. The first-order valence-electron chi connectivity index (χ1n) is 10.1. The molecule has 6 heteroatoms. The molecule has 1 amide bonds. The Morgan fingerprint density at radius 3 is 2.81 bits per heavy atom. The maximum absolute atomic E-state index is 13.4. The number of amides is 1. The van der Waals surface area contributed by atoms with E-state index < -0.39 is 0 Å². The summed E-state index contributed by atoms with van der Waals surface area (Å²) in [5, 5.41) is 2.99. The zero-order valence-electron chi connectivity index (χ0n) is 16.3. The molecule has 0 unspecified atom stereocenters. The highest BCUT2D eigenvalue weighted by Crippen LogP contribution is 2.24. The van der Waals surface area contributed by atoms with Gasteiger partial charge in [0.15, 0.2) is 0 Å². The number of nitrogens with one attached hydrogen (secondary N) is 1. The van der Waals surface area contributed by atoms with Crippen LogP contribution in [-0.4, -0.2) is 68.2 Å². The molecule has 27 heavy (non-hydrogen) atoms. The Bertz CT molecular complexity index is 605. The number of benzene rings is 1. The van der Waals surface area contributed by atoms with Gasteiger partial charge >= 0.3 is 0 Å². The Hall–Kier alpha value is -1.50. The molecule has 1 atom stereocenters. The van der Waals surface area contributed by atoms with Gasteiger partial charge in [-0.25, -0.2) is 4.39 Å². The van der Waals surface area contributed by atoms with Gasteiger partial charge in [0, 0.05) is 32.8 Å². The lowest BCUT2D eigenvalue weighted by Crippen LogP contribution is -2.50. The first kappa shape index (κ1) is 20.2. The second kappa shape index (κ2) is 10.2. The van der Waals surface area contributed by atoms with Crippen molar-refractivity contribution in [3.05, 3.63) is 35.6 Å². The van der Waals surface area contributed by atoms with Gasteiger partial charge in [-0.05, 0) is 63.0 Å². The number of hydrogen-bond donors (Lipinski definition) is 1. The van der Waals surface area contributed by atoms with E-state index in [1.165, 1.54) is 6.07 Å². The monoisotopic (exact) mass is 377 g/mol. The summed E-state index contributed by atoms with van der Waals surface area (Å²) >= 11 is 0. The van der Waals surface area contributed by atoms with Crippen molar-refractivity contribution in [1.29, 1.82) is 0 Å². The maximum Gasteiger partial charge on any atom is 0.224 e. The largest absolute Gasteiger partial charge is 0.383 e. The van der Waals surface area contributed by atoms with Crippen LogP contribution in [0.25, 0.3) is 0 Å². The molecular weight excluding hydrogens is 345 g/mol. The molecule has 0 aliphatic carbocycles. The first-order valence-corrected chi connectivity index (χ1v) is 10.1. The van der Waals surface area contributed by atoms with E-state index in [9.17, 15) is 9.18 Å². The van der Waals surface area contributed by atoms with Crippen LogP contribution in [0.3, 0.4) is 0 Å². The lowest BCUT2D eigenvalue weighted by Gasteiger charge is -2.42. The molecule has 0 spiro atoms. The molecule has 2 aliphatic heterocycles. The van der Waals surface area contributed by atoms with E-state index in [1.807, 2.05) is 6.07 Å². The van der Waals surface area contributed by atoms with Gasteiger partial charge in [-0.1, -0.05) is 12.1 Å². The van der Waals surface area contributed by atoms with Crippen molar-refractivity contribution in [2.75, 3.05) is 46.4 Å². The van der Waals surface area contributed by atoms with Crippen LogP contribution in [0.2, 0.25) is 0 Å². The van der Waals surface area contributed by atoms with Gasteiger partial charge in [0.1, 0.15) is 5.82 Å². The highest BCUT2D eigenvalue weighted by molar-refractivity contribution is 5.78. The van der Waals surface area contributed by atoms with E-state index in [1.54, 1.807) is 19.2 Å². The van der Waals surface area contributed by atoms with Gasteiger partial charge < -0.3 is 10.1 Å². The SMILES string of the molecule is COCCNC(=O)[C@H]1CCCN(C2CCN(Cc3cccc(F)c3)CC2)C1. The highest BCUT2D eigenvalue weighted by Gasteiger charge is 2.31. The van der Waals surface area contributed by atoms with Crippen LogP contribution in [0.5, 0.6) is 0 Å². The predicted octanol–water partition coefficient (Wildman–Crippen LogP) is 2.26. The van der Waals surface area contributed by atoms with E-state index >= 15 is 0 Å². The van der Waals surface area contributed by atoms with E-state index in [2.05, 4.69) is 15.1 Å². The molecule has 0 saturated carbocycles. The van der Waals surface area contributed by atoms with Gasteiger partial charge in [-0.3, -0.25) is 14.6 Å². The molecule has 3 rings (SSSR count). The first-order chi connectivity index (χ1) is 13.2. The predicted molar refractivity (Wildman–Crippen MR) is 104 cm³/mol. The summed E-state index contributed by atoms with van der Waals surface area (Å²) in [4.78, 5) is 17.3. The van der Waals surface area contributed by atoms with Crippen molar-refractivity contribution in [2.45, 2.75) is 38.3 Å². The fourth-order valence-corrected chi connectivity index (χ4v) is 4.31. The number of methoxy groups -OCH3 is 1. The molecule has 2 heterocycles. The summed E-state index contributed by atoms with van der Waals surface area (Å²) < 4.78 is 18.4. The van der Waals surface area contributed by atoms with Crippen LogP contribution in [0.1, 0.15) is 31.2 Å². The number of halogens is 1. The molecule has 1 aromatic carbocycles. The van der Waals surface area contributed by atoms with Crippen molar-refractivity contribution >= 4 is 5.91 Å². The number of carbonyl (C=O) groups is 1. The lowest BCUT2D eigenvalue weighted by molar-refractivity contribution is -0.127.